The minimum atomic E-state index is -3.37. The van der Waals surface area contributed by atoms with E-state index in [-0.39, 0.29) is 10.8 Å². The monoisotopic (exact) mass is 463 g/mol. The first-order valence-corrected chi connectivity index (χ1v) is 12.2. The Morgan fingerprint density at radius 3 is 2.42 bits per heavy atom. The minimum absolute atomic E-state index is 0.163. The summed E-state index contributed by atoms with van der Waals surface area (Å²) in [5, 5.41) is 0.882. The molecule has 1 aliphatic rings. The predicted octanol–water partition coefficient (Wildman–Crippen LogP) is 1.97. The summed E-state index contributed by atoms with van der Waals surface area (Å²) in [6, 6.07) is 7.39. The minimum Gasteiger partial charge on any atom is -0.378 e. The molecule has 33 heavy (non-hydrogen) atoms. The number of morpholine rings is 1. The fourth-order valence-electron chi connectivity index (χ4n) is 3.67. The lowest BCUT2D eigenvalue weighted by Gasteiger charge is -2.29. The van der Waals surface area contributed by atoms with Gasteiger partial charge in [-0.2, -0.15) is 0 Å². The summed E-state index contributed by atoms with van der Waals surface area (Å²) in [7, 11) is -3.37. The maximum atomic E-state index is 12.0. The predicted molar refractivity (Wildman–Crippen MR) is 124 cm³/mol. The number of ether oxygens (including phenoxy) is 1. The molecular weight excluding hydrogens is 442 g/mol. The Labute approximate surface area is 190 Å². The Hall–Kier alpha value is -3.70. The molecule has 1 fully saturated rings. The molecule has 0 amide bonds. The number of pyridine rings is 1. The van der Waals surface area contributed by atoms with Crippen LogP contribution < -0.4 is 10.6 Å². The zero-order valence-corrected chi connectivity index (χ0v) is 18.7. The van der Waals surface area contributed by atoms with Crippen molar-refractivity contribution in [1.82, 2.24) is 24.9 Å². The van der Waals surface area contributed by atoms with E-state index < -0.39 is 9.84 Å². The lowest BCUT2D eigenvalue weighted by molar-refractivity contribution is 0.122. The van der Waals surface area contributed by atoms with Crippen LogP contribution in [0.25, 0.3) is 33.4 Å². The second-order valence-corrected chi connectivity index (χ2v) is 9.73. The first-order valence-electron chi connectivity index (χ1n) is 10.3. The molecule has 1 aliphatic heterocycles. The van der Waals surface area contributed by atoms with Gasteiger partial charge in [0.15, 0.2) is 15.7 Å². The summed E-state index contributed by atoms with van der Waals surface area (Å²) in [5.74, 6) is 1.45. The van der Waals surface area contributed by atoms with Gasteiger partial charge in [-0.25, -0.2) is 28.4 Å². The van der Waals surface area contributed by atoms with Gasteiger partial charge < -0.3 is 15.4 Å². The maximum Gasteiger partial charge on any atom is 0.219 e. The van der Waals surface area contributed by atoms with Gasteiger partial charge in [-0.3, -0.25) is 4.98 Å². The van der Waals surface area contributed by atoms with E-state index in [1.54, 1.807) is 24.7 Å². The van der Waals surface area contributed by atoms with E-state index in [2.05, 4.69) is 19.9 Å². The highest BCUT2D eigenvalue weighted by Crippen LogP contribution is 2.31. The average molecular weight is 464 g/mol. The topological polar surface area (TPSA) is 137 Å². The van der Waals surface area contributed by atoms with Crippen LogP contribution in [0.3, 0.4) is 0 Å². The first kappa shape index (κ1) is 21.2. The lowest BCUT2D eigenvalue weighted by atomic mass is 10.1. The van der Waals surface area contributed by atoms with E-state index in [0.29, 0.717) is 48.8 Å². The van der Waals surface area contributed by atoms with Crippen LogP contribution in [0.1, 0.15) is 0 Å². The Morgan fingerprint density at radius 1 is 0.939 bits per heavy atom. The summed E-state index contributed by atoms with van der Waals surface area (Å²) in [5.41, 5.74) is 8.47. The van der Waals surface area contributed by atoms with Crippen LogP contribution in [-0.4, -0.2) is 65.9 Å². The SMILES string of the molecule is CS(=O)(=O)c1cncc(-c2ccc3c(N4CCOCC4)nc(-c4cnc(N)nc4)nc3c2)c1. The molecule has 3 aromatic heterocycles. The van der Waals surface area contributed by atoms with Crippen LogP contribution >= 0.6 is 0 Å². The third-order valence-corrected chi connectivity index (χ3v) is 6.47. The van der Waals surface area contributed by atoms with Crippen molar-refractivity contribution < 1.29 is 13.2 Å². The Morgan fingerprint density at radius 2 is 1.70 bits per heavy atom. The maximum absolute atomic E-state index is 12.0. The first-order chi connectivity index (χ1) is 15.9. The van der Waals surface area contributed by atoms with E-state index in [1.807, 2.05) is 18.2 Å². The fraction of sp³-hybridized carbons (Fsp3) is 0.227. The molecule has 1 saturated heterocycles. The summed E-state index contributed by atoms with van der Waals surface area (Å²) < 4.78 is 29.5. The molecule has 168 valence electrons. The third kappa shape index (κ3) is 4.32. The van der Waals surface area contributed by atoms with Crippen LogP contribution in [-0.2, 0) is 14.6 Å². The summed E-state index contributed by atoms with van der Waals surface area (Å²) in [4.78, 5) is 24.1. The molecule has 0 saturated carbocycles. The molecule has 0 spiro atoms. The van der Waals surface area contributed by atoms with Gasteiger partial charge in [0.25, 0.3) is 0 Å². The molecule has 2 N–H and O–H groups in total. The Kier molecular flexibility index (Phi) is 5.35. The fourth-order valence-corrected chi connectivity index (χ4v) is 4.26. The number of nitrogen functional groups attached to an aromatic ring is 1. The number of nitrogens with two attached hydrogens (primary N) is 1. The van der Waals surface area contributed by atoms with Crippen molar-refractivity contribution in [2.24, 2.45) is 0 Å². The number of rotatable bonds is 4. The van der Waals surface area contributed by atoms with Gasteiger partial charge in [-0.1, -0.05) is 6.07 Å². The van der Waals surface area contributed by atoms with Crippen LogP contribution in [0.4, 0.5) is 11.8 Å². The zero-order valence-electron chi connectivity index (χ0n) is 17.8. The molecule has 10 nitrogen and oxygen atoms in total. The van der Waals surface area contributed by atoms with Gasteiger partial charge in [-0.05, 0) is 23.8 Å². The zero-order chi connectivity index (χ0) is 23.0. The van der Waals surface area contributed by atoms with E-state index in [4.69, 9.17) is 20.4 Å². The Balaban J connectivity index is 1.68. The van der Waals surface area contributed by atoms with Crippen LogP contribution in [0.2, 0.25) is 0 Å². The standard InChI is InChI=1S/C22H21N7O3S/c1-33(30,31)17-8-15(10-24-13-17)14-2-3-18-19(9-14)27-20(16-11-25-22(23)26-12-16)28-21(18)29-4-6-32-7-5-29/h2-3,8-13H,4-7H2,1H3,(H2,23,25,26). The quantitative estimate of drug-likeness (QED) is 0.478. The molecule has 4 heterocycles. The lowest BCUT2D eigenvalue weighted by Crippen LogP contribution is -2.37. The molecule has 0 atom stereocenters. The van der Waals surface area contributed by atoms with Crippen LogP contribution in [0.5, 0.6) is 0 Å². The molecule has 0 unspecified atom stereocenters. The van der Waals surface area contributed by atoms with Gasteiger partial charge in [0.05, 0.1) is 29.2 Å². The smallest absolute Gasteiger partial charge is 0.219 e. The van der Waals surface area contributed by atoms with E-state index in [9.17, 15) is 8.42 Å². The van der Waals surface area contributed by atoms with Gasteiger partial charge in [0, 0.05) is 55.1 Å². The highest BCUT2D eigenvalue weighted by atomic mass is 32.2. The number of fused-ring (bicyclic) bond motifs is 1. The molecule has 0 bridgehead atoms. The number of hydrogen-bond acceptors (Lipinski definition) is 10. The van der Waals surface area contributed by atoms with Gasteiger partial charge >= 0.3 is 0 Å². The second-order valence-electron chi connectivity index (χ2n) is 7.71. The largest absolute Gasteiger partial charge is 0.378 e. The van der Waals surface area contributed by atoms with Crippen molar-refractivity contribution in [1.29, 1.82) is 0 Å². The number of hydrogen-bond donors (Lipinski definition) is 1. The highest BCUT2D eigenvalue weighted by molar-refractivity contribution is 7.90. The van der Waals surface area contributed by atoms with Gasteiger partial charge in [0.1, 0.15) is 5.82 Å². The number of nitrogens with zero attached hydrogens (tertiary/aromatic N) is 6. The molecule has 0 aliphatic carbocycles. The van der Waals surface area contributed by atoms with Gasteiger partial charge in [0.2, 0.25) is 5.95 Å². The van der Waals surface area contributed by atoms with Crippen molar-refractivity contribution in [2.45, 2.75) is 4.90 Å². The average Bonchev–Trinajstić information content (AvgIpc) is 2.83. The van der Waals surface area contributed by atoms with Crippen molar-refractivity contribution in [3.8, 4) is 22.5 Å². The number of benzene rings is 1. The molecule has 5 rings (SSSR count). The summed E-state index contributed by atoms with van der Waals surface area (Å²) in [6.07, 6.45) is 7.33. The molecular formula is C22H21N7O3S. The number of sulfone groups is 1. The normalized spacial score (nSPS) is 14.5. The van der Waals surface area contributed by atoms with Crippen LogP contribution in [0.15, 0.2) is 53.9 Å². The summed E-state index contributed by atoms with van der Waals surface area (Å²) in [6.45, 7) is 2.67. The molecule has 11 heteroatoms. The molecule has 4 aromatic rings. The molecule has 1 aromatic carbocycles. The number of anilines is 2. The highest BCUT2D eigenvalue weighted by Gasteiger charge is 2.19. The van der Waals surface area contributed by atoms with E-state index in [1.165, 1.54) is 6.20 Å². The van der Waals surface area contributed by atoms with Crippen molar-refractivity contribution >= 4 is 32.5 Å². The van der Waals surface area contributed by atoms with E-state index in [0.717, 1.165) is 23.0 Å². The third-order valence-electron chi connectivity index (χ3n) is 5.39. The van der Waals surface area contributed by atoms with Crippen molar-refractivity contribution in [2.75, 3.05) is 43.2 Å². The van der Waals surface area contributed by atoms with Crippen molar-refractivity contribution in [3.63, 3.8) is 0 Å². The summed E-state index contributed by atoms with van der Waals surface area (Å²) >= 11 is 0. The van der Waals surface area contributed by atoms with Gasteiger partial charge in [-0.15, -0.1) is 0 Å². The van der Waals surface area contributed by atoms with E-state index >= 15 is 0 Å². The molecule has 0 radical (unpaired) electrons. The second kappa shape index (κ2) is 8.34. The van der Waals surface area contributed by atoms with Crippen LogP contribution in [0, 0.1) is 0 Å². The van der Waals surface area contributed by atoms with Crippen molar-refractivity contribution in [3.05, 3.63) is 49.1 Å². The number of aromatic nitrogens is 5. The Bertz CT molecular complexity index is 1440.